The van der Waals surface area contributed by atoms with E-state index in [0.717, 1.165) is 89.9 Å². The summed E-state index contributed by atoms with van der Waals surface area (Å²) in [5.41, 5.74) is 0. The first-order valence-electron chi connectivity index (χ1n) is 25.8. The molecule has 1 unspecified atom stereocenters. The van der Waals surface area contributed by atoms with Crippen molar-refractivity contribution in [2.24, 2.45) is 0 Å². The molecule has 0 aliphatic rings. The predicted octanol–water partition coefficient (Wildman–Crippen LogP) is 17.0. The lowest BCUT2D eigenvalue weighted by Gasteiger charge is -2.18. The fourth-order valence-electron chi connectivity index (χ4n) is 6.68. The van der Waals surface area contributed by atoms with Crippen molar-refractivity contribution in [1.29, 1.82) is 0 Å². The zero-order chi connectivity index (χ0) is 45.8. The maximum absolute atomic E-state index is 12.8. The molecule has 0 saturated carbocycles. The van der Waals surface area contributed by atoms with Gasteiger partial charge >= 0.3 is 17.9 Å². The molecular formula is C57H94O6. The van der Waals surface area contributed by atoms with Crippen molar-refractivity contribution in [3.05, 3.63) is 97.2 Å². The summed E-state index contributed by atoms with van der Waals surface area (Å²) in [6.07, 6.45) is 66.8. The Morgan fingerprint density at radius 1 is 0.349 bits per heavy atom. The van der Waals surface area contributed by atoms with E-state index in [1.54, 1.807) is 0 Å². The maximum Gasteiger partial charge on any atom is 0.306 e. The molecule has 0 spiro atoms. The van der Waals surface area contributed by atoms with E-state index in [1.807, 2.05) is 0 Å². The lowest BCUT2D eigenvalue weighted by atomic mass is 10.1. The molecule has 0 aromatic heterocycles. The van der Waals surface area contributed by atoms with Crippen molar-refractivity contribution in [2.75, 3.05) is 13.2 Å². The van der Waals surface area contributed by atoms with Gasteiger partial charge in [-0.05, 0) is 103 Å². The summed E-state index contributed by atoms with van der Waals surface area (Å²) in [5, 5.41) is 0. The van der Waals surface area contributed by atoms with E-state index in [-0.39, 0.29) is 37.5 Å². The van der Waals surface area contributed by atoms with Crippen LogP contribution in [0.4, 0.5) is 0 Å². The molecule has 0 heterocycles. The van der Waals surface area contributed by atoms with Crippen LogP contribution in [0.15, 0.2) is 97.2 Å². The smallest absolute Gasteiger partial charge is 0.306 e. The predicted molar refractivity (Wildman–Crippen MR) is 270 cm³/mol. The van der Waals surface area contributed by atoms with Crippen LogP contribution in [0.25, 0.3) is 0 Å². The van der Waals surface area contributed by atoms with Crippen LogP contribution in [0.2, 0.25) is 0 Å². The summed E-state index contributed by atoms with van der Waals surface area (Å²) < 4.78 is 16.7. The average Bonchev–Trinajstić information content (AvgIpc) is 3.28. The van der Waals surface area contributed by atoms with Gasteiger partial charge in [0.1, 0.15) is 13.2 Å². The van der Waals surface area contributed by atoms with E-state index in [0.29, 0.717) is 19.3 Å². The standard InChI is InChI=1S/C57H94O6/c1-4-7-10-13-16-19-22-24-26-28-30-32-35-38-41-44-47-50-56(59)62-53-54(52-61-55(58)49-46-43-40-37-34-21-18-15-12-9-6-3)63-57(60)51-48-45-42-39-36-33-31-29-27-25-23-20-17-14-11-8-5-2/h7,10,15-16,18-19,21,24-27,30,32,34,38,41,54H,4-6,8-9,11-14,17,20,22-23,28-29,31,33,35-37,39-40,42-53H2,1-3H3/b10-7-,18-15-,19-16-,26-24-,27-25-,32-30-,34-21-,41-38-. The van der Waals surface area contributed by atoms with E-state index < -0.39 is 6.10 Å². The highest BCUT2D eigenvalue weighted by atomic mass is 16.6. The van der Waals surface area contributed by atoms with Gasteiger partial charge < -0.3 is 14.2 Å². The number of hydrogen-bond acceptors (Lipinski definition) is 6. The monoisotopic (exact) mass is 875 g/mol. The van der Waals surface area contributed by atoms with Gasteiger partial charge in [0.05, 0.1) is 0 Å². The molecule has 0 amide bonds. The molecule has 63 heavy (non-hydrogen) atoms. The summed E-state index contributed by atoms with van der Waals surface area (Å²) in [7, 11) is 0. The van der Waals surface area contributed by atoms with Crippen LogP contribution in [-0.4, -0.2) is 37.2 Å². The third-order valence-electron chi connectivity index (χ3n) is 10.6. The third kappa shape index (κ3) is 49.2. The van der Waals surface area contributed by atoms with Crippen LogP contribution in [0.3, 0.4) is 0 Å². The van der Waals surface area contributed by atoms with Crippen LogP contribution in [-0.2, 0) is 28.6 Å². The Morgan fingerprint density at radius 2 is 0.698 bits per heavy atom. The van der Waals surface area contributed by atoms with Crippen molar-refractivity contribution in [1.82, 2.24) is 0 Å². The van der Waals surface area contributed by atoms with Gasteiger partial charge in [-0.25, -0.2) is 0 Å². The van der Waals surface area contributed by atoms with E-state index in [1.165, 1.54) is 89.9 Å². The minimum atomic E-state index is -0.813. The molecule has 6 heteroatoms. The molecule has 1 atom stereocenters. The number of esters is 3. The zero-order valence-corrected chi connectivity index (χ0v) is 40.8. The molecule has 0 bridgehead atoms. The molecular weight excluding hydrogens is 781 g/mol. The minimum absolute atomic E-state index is 0.112. The molecule has 0 aromatic carbocycles. The van der Waals surface area contributed by atoms with Crippen molar-refractivity contribution in [2.45, 2.75) is 232 Å². The van der Waals surface area contributed by atoms with Gasteiger partial charge in [0, 0.05) is 19.3 Å². The first kappa shape index (κ1) is 59.3. The second-order valence-corrected chi connectivity index (χ2v) is 16.7. The molecule has 0 rings (SSSR count). The number of hydrogen-bond donors (Lipinski definition) is 0. The lowest BCUT2D eigenvalue weighted by molar-refractivity contribution is -0.167. The fraction of sp³-hybridized carbons (Fsp3) is 0.667. The first-order chi connectivity index (χ1) is 31.0. The molecule has 0 aliphatic carbocycles. The fourth-order valence-corrected chi connectivity index (χ4v) is 6.68. The highest BCUT2D eigenvalue weighted by Crippen LogP contribution is 2.13. The van der Waals surface area contributed by atoms with E-state index in [4.69, 9.17) is 14.2 Å². The SMILES string of the molecule is CC/C=C\C/C=C\C/C=C\C/C=C\C/C=C\CCCC(=O)OCC(COC(=O)CCCCC/C=C\C=C/CCCC)OC(=O)CCCCCCCCC/C=C\CCCCCCCC. The number of allylic oxidation sites excluding steroid dienone is 16. The van der Waals surface area contributed by atoms with E-state index in [2.05, 4.69) is 118 Å². The molecule has 0 aromatic rings. The summed E-state index contributed by atoms with van der Waals surface area (Å²) in [6.45, 7) is 6.38. The molecule has 6 nitrogen and oxygen atoms in total. The van der Waals surface area contributed by atoms with Gasteiger partial charge in [-0.15, -0.1) is 0 Å². The van der Waals surface area contributed by atoms with Crippen molar-refractivity contribution >= 4 is 17.9 Å². The van der Waals surface area contributed by atoms with Crippen LogP contribution in [0.5, 0.6) is 0 Å². The Balaban J connectivity index is 4.49. The maximum atomic E-state index is 12.8. The number of carbonyl (C=O) groups excluding carboxylic acids is 3. The van der Waals surface area contributed by atoms with Gasteiger partial charge in [-0.2, -0.15) is 0 Å². The van der Waals surface area contributed by atoms with E-state index >= 15 is 0 Å². The largest absolute Gasteiger partial charge is 0.462 e. The minimum Gasteiger partial charge on any atom is -0.462 e. The van der Waals surface area contributed by atoms with Gasteiger partial charge in [0.25, 0.3) is 0 Å². The average molecular weight is 875 g/mol. The first-order valence-corrected chi connectivity index (χ1v) is 25.8. The van der Waals surface area contributed by atoms with Crippen LogP contribution >= 0.6 is 0 Å². The van der Waals surface area contributed by atoms with Crippen molar-refractivity contribution in [3.8, 4) is 0 Å². The quantitative estimate of drug-likeness (QED) is 0.0199. The lowest BCUT2D eigenvalue weighted by Crippen LogP contribution is -2.30. The van der Waals surface area contributed by atoms with Crippen molar-refractivity contribution in [3.63, 3.8) is 0 Å². The van der Waals surface area contributed by atoms with Gasteiger partial charge in [0.2, 0.25) is 0 Å². The van der Waals surface area contributed by atoms with E-state index in [9.17, 15) is 14.4 Å². The molecule has 0 radical (unpaired) electrons. The number of ether oxygens (including phenoxy) is 3. The van der Waals surface area contributed by atoms with Gasteiger partial charge in [0.15, 0.2) is 6.10 Å². The highest BCUT2D eigenvalue weighted by molar-refractivity contribution is 5.71. The zero-order valence-electron chi connectivity index (χ0n) is 40.8. The summed E-state index contributed by atoms with van der Waals surface area (Å²) in [4.78, 5) is 37.9. The Bertz CT molecular complexity index is 1280. The second-order valence-electron chi connectivity index (χ2n) is 16.7. The topological polar surface area (TPSA) is 78.9 Å². The van der Waals surface area contributed by atoms with Crippen LogP contribution in [0, 0.1) is 0 Å². The Labute approximate surface area is 387 Å². The van der Waals surface area contributed by atoms with Crippen LogP contribution < -0.4 is 0 Å². The third-order valence-corrected chi connectivity index (χ3v) is 10.6. The Hall–Kier alpha value is -3.67. The van der Waals surface area contributed by atoms with Gasteiger partial charge in [-0.1, -0.05) is 201 Å². The Kier molecular flexibility index (Phi) is 48.0. The Morgan fingerprint density at radius 3 is 1.21 bits per heavy atom. The summed E-state index contributed by atoms with van der Waals surface area (Å²) in [5.74, 6) is -1.01. The molecule has 0 N–H and O–H groups in total. The molecule has 0 saturated heterocycles. The van der Waals surface area contributed by atoms with Crippen molar-refractivity contribution < 1.29 is 28.6 Å². The van der Waals surface area contributed by atoms with Crippen LogP contribution in [0.1, 0.15) is 226 Å². The summed E-state index contributed by atoms with van der Waals surface area (Å²) in [6, 6.07) is 0. The normalized spacial score (nSPS) is 12.9. The number of carbonyl (C=O) groups is 3. The van der Waals surface area contributed by atoms with Gasteiger partial charge in [-0.3, -0.25) is 14.4 Å². The highest BCUT2D eigenvalue weighted by Gasteiger charge is 2.19. The number of unbranched alkanes of at least 4 members (excludes halogenated alkanes) is 19. The molecule has 0 aliphatic heterocycles. The molecule has 0 fully saturated rings. The number of rotatable bonds is 45. The summed E-state index contributed by atoms with van der Waals surface area (Å²) >= 11 is 0. The second kappa shape index (κ2) is 51.0. The molecule has 358 valence electrons.